The number of hydrogen-bond donors (Lipinski definition) is 3. The molecule has 0 aromatic carbocycles. The van der Waals surface area contributed by atoms with Crippen LogP contribution in [0.4, 0.5) is 11.5 Å². The molecule has 6 heteroatoms. The van der Waals surface area contributed by atoms with E-state index in [1.165, 1.54) is 12.3 Å². The molecule has 2 aromatic heterocycles. The van der Waals surface area contributed by atoms with E-state index in [1.807, 2.05) is 19.1 Å². The molecule has 0 fully saturated rings. The monoisotopic (exact) mass is 257 g/mol. The van der Waals surface area contributed by atoms with E-state index in [0.717, 1.165) is 11.3 Å². The van der Waals surface area contributed by atoms with Crippen LogP contribution in [0.5, 0.6) is 0 Å². The van der Waals surface area contributed by atoms with E-state index in [1.54, 1.807) is 6.20 Å². The molecule has 0 radical (unpaired) electrons. The summed E-state index contributed by atoms with van der Waals surface area (Å²) in [5.41, 5.74) is 13.5. The third kappa shape index (κ3) is 3.19. The number of amides is 1. The summed E-state index contributed by atoms with van der Waals surface area (Å²) in [4.78, 5) is 19.6. The third-order valence-corrected chi connectivity index (χ3v) is 2.61. The van der Waals surface area contributed by atoms with E-state index in [0.29, 0.717) is 18.1 Å². The first-order valence-corrected chi connectivity index (χ1v) is 5.77. The molecule has 0 saturated heterocycles. The molecule has 0 bridgehead atoms. The van der Waals surface area contributed by atoms with Gasteiger partial charge in [0.2, 0.25) is 0 Å². The first-order chi connectivity index (χ1) is 9.06. The van der Waals surface area contributed by atoms with Crippen molar-refractivity contribution in [1.82, 2.24) is 9.97 Å². The van der Waals surface area contributed by atoms with Crippen molar-refractivity contribution in [2.45, 2.75) is 13.5 Å². The first-order valence-electron chi connectivity index (χ1n) is 5.77. The summed E-state index contributed by atoms with van der Waals surface area (Å²) in [5, 5.41) is 3.05. The SMILES string of the molecule is Cc1ccc(CNc2ncc(N)cc2C(N)=O)cn1. The highest BCUT2D eigenvalue weighted by molar-refractivity contribution is 5.98. The van der Waals surface area contributed by atoms with E-state index in [4.69, 9.17) is 11.5 Å². The summed E-state index contributed by atoms with van der Waals surface area (Å²) in [7, 11) is 0. The van der Waals surface area contributed by atoms with Crippen molar-refractivity contribution in [2.24, 2.45) is 5.73 Å². The zero-order valence-corrected chi connectivity index (χ0v) is 10.6. The second-order valence-electron chi connectivity index (χ2n) is 4.19. The molecule has 19 heavy (non-hydrogen) atoms. The highest BCUT2D eigenvalue weighted by atomic mass is 16.1. The average molecular weight is 257 g/mol. The number of pyridine rings is 2. The zero-order chi connectivity index (χ0) is 13.8. The maximum atomic E-state index is 11.3. The average Bonchev–Trinajstić information content (AvgIpc) is 2.39. The highest BCUT2D eigenvalue weighted by Gasteiger charge is 2.09. The van der Waals surface area contributed by atoms with Crippen LogP contribution < -0.4 is 16.8 Å². The quantitative estimate of drug-likeness (QED) is 0.759. The number of nitrogens with zero attached hydrogens (tertiary/aromatic N) is 2. The Morgan fingerprint density at radius 3 is 2.74 bits per heavy atom. The number of aryl methyl sites for hydroxylation is 1. The fourth-order valence-electron chi connectivity index (χ4n) is 1.60. The molecule has 2 aromatic rings. The maximum Gasteiger partial charge on any atom is 0.252 e. The van der Waals surface area contributed by atoms with Gasteiger partial charge in [0.15, 0.2) is 0 Å². The lowest BCUT2D eigenvalue weighted by atomic mass is 10.2. The Balaban J connectivity index is 2.15. The van der Waals surface area contributed by atoms with Gasteiger partial charge in [-0.05, 0) is 24.6 Å². The zero-order valence-electron chi connectivity index (χ0n) is 10.6. The molecular formula is C13H15N5O. The van der Waals surface area contributed by atoms with Crippen molar-refractivity contribution in [3.63, 3.8) is 0 Å². The second kappa shape index (κ2) is 5.34. The summed E-state index contributed by atoms with van der Waals surface area (Å²) < 4.78 is 0. The van der Waals surface area contributed by atoms with Gasteiger partial charge in [0.05, 0.1) is 17.4 Å². The molecule has 0 unspecified atom stereocenters. The van der Waals surface area contributed by atoms with Crippen LogP contribution in [0.25, 0.3) is 0 Å². The lowest BCUT2D eigenvalue weighted by Gasteiger charge is -2.09. The summed E-state index contributed by atoms with van der Waals surface area (Å²) in [6.45, 7) is 2.43. The lowest BCUT2D eigenvalue weighted by molar-refractivity contribution is 0.100. The van der Waals surface area contributed by atoms with E-state index < -0.39 is 5.91 Å². The number of carbonyl (C=O) groups excluding carboxylic acids is 1. The third-order valence-electron chi connectivity index (χ3n) is 2.61. The number of rotatable bonds is 4. The Labute approximate surface area is 110 Å². The van der Waals surface area contributed by atoms with Gasteiger partial charge in [-0.3, -0.25) is 9.78 Å². The van der Waals surface area contributed by atoms with Gasteiger partial charge in [-0.2, -0.15) is 0 Å². The smallest absolute Gasteiger partial charge is 0.252 e. The van der Waals surface area contributed by atoms with Crippen molar-refractivity contribution in [2.75, 3.05) is 11.1 Å². The normalized spacial score (nSPS) is 10.2. The highest BCUT2D eigenvalue weighted by Crippen LogP contribution is 2.15. The van der Waals surface area contributed by atoms with Gasteiger partial charge in [0.25, 0.3) is 5.91 Å². The van der Waals surface area contributed by atoms with Crippen LogP contribution in [0.1, 0.15) is 21.6 Å². The molecular weight excluding hydrogens is 242 g/mol. The van der Waals surface area contributed by atoms with Crippen LogP contribution in [0.3, 0.4) is 0 Å². The molecule has 1 amide bonds. The molecule has 6 nitrogen and oxygen atoms in total. The number of nitrogens with one attached hydrogen (secondary N) is 1. The minimum atomic E-state index is -0.565. The van der Waals surface area contributed by atoms with Gasteiger partial charge in [-0.1, -0.05) is 6.07 Å². The topological polar surface area (TPSA) is 107 Å². The Hall–Kier alpha value is -2.63. The standard InChI is InChI=1S/C13H15N5O/c1-8-2-3-9(5-16-8)6-17-13-11(12(15)19)4-10(14)7-18-13/h2-5,7H,6,14H2,1H3,(H2,15,19)(H,17,18). The number of nitrogens with two attached hydrogens (primary N) is 2. The van der Waals surface area contributed by atoms with Crippen molar-refractivity contribution in [3.8, 4) is 0 Å². The first kappa shape index (κ1) is 12.8. The lowest BCUT2D eigenvalue weighted by Crippen LogP contribution is -2.16. The van der Waals surface area contributed by atoms with E-state index in [-0.39, 0.29) is 5.56 Å². The number of aromatic nitrogens is 2. The predicted octanol–water partition coefficient (Wildman–Crippen LogP) is 1.08. The Morgan fingerprint density at radius 2 is 2.11 bits per heavy atom. The van der Waals surface area contributed by atoms with E-state index in [2.05, 4.69) is 15.3 Å². The van der Waals surface area contributed by atoms with Crippen LogP contribution in [0.15, 0.2) is 30.6 Å². The van der Waals surface area contributed by atoms with E-state index in [9.17, 15) is 4.79 Å². The Morgan fingerprint density at radius 1 is 1.32 bits per heavy atom. The fourth-order valence-corrected chi connectivity index (χ4v) is 1.60. The van der Waals surface area contributed by atoms with Gasteiger partial charge in [0.1, 0.15) is 5.82 Å². The van der Waals surface area contributed by atoms with Gasteiger partial charge in [0, 0.05) is 18.4 Å². The molecule has 0 saturated carbocycles. The fraction of sp³-hybridized carbons (Fsp3) is 0.154. The molecule has 0 aliphatic carbocycles. The van der Waals surface area contributed by atoms with Crippen molar-refractivity contribution >= 4 is 17.4 Å². The van der Waals surface area contributed by atoms with Crippen LogP contribution in [0.2, 0.25) is 0 Å². The molecule has 98 valence electrons. The number of primary amides is 1. The predicted molar refractivity (Wildman–Crippen MR) is 73.5 cm³/mol. The molecule has 0 spiro atoms. The summed E-state index contributed by atoms with van der Waals surface area (Å²) in [5.74, 6) is -0.147. The molecule has 0 atom stereocenters. The van der Waals surface area contributed by atoms with Gasteiger partial charge in [-0.25, -0.2) is 4.98 Å². The number of nitrogen functional groups attached to an aromatic ring is 1. The number of hydrogen-bond acceptors (Lipinski definition) is 5. The molecule has 0 aliphatic rings. The summed E-state index contributed by atoms with van der Waals surface area (Å²) >= 11 is 0. The maximum absolute atomic E-state index is 11.3. The van der Waals surface area contributed by atoms with Crippen molar-refractivity contribution < 1.29 is 4.79 Å². The van der Waals surface area contributed by atoms with Gasteiger partial charge in [-0.15, -0.1) is 0 Å². The number of carbonyl (C=O) groups is 1. The molecule has 2 heterocycles. The largest absolute Gasteiger partial charge is 0.397 e. The van der Waals surface area contributed by atoms with Gasteiger partial charge < -0.3 is 16.8 Å². The Bertz CT molecular complexity index is 594. The summed E-state index contributed by atoms with van der Waals surface area (Å²) in [6, 6.07) is 5.38. The van der Waals surface area contributed by atoms with E-state index >= 15 is 0 Å². The van der Waals surface area contributed by atoms with Crippen LogP contribution in [-0.4, -0.2) is 15.9 Å². The molecule has 2 rings (SSSR count). The van der Waals surface area contributed by atoms with Crippen LogP contribution >= 0.6 is 0 Å². The minimum Gasteiger partial charge on any atom is -0.397 e. The van der Waals surface area contributed by atoms with Crippen molar-refractivity contribution in [3.05, 3.63) is 47.4 Å². The van der Waals surface area contributed by atoms with Crippen molar-refractivity contribution in [1.29, 1.82) is 0 Å². The Kier molecular flexibility index (Phi) is 3.61. The minimum absolute atomic E-state index is 0.278. The summed E-state index contributed by atoms with van der Waals surface area (Å²) in [6.07, 6.45) is 3.24. The van der Waals surface area contributed by atoms with Gasteiger partial charge >= 0.3 is 0 Å². The van der Waals surface area contributed by atoms with Crippen LogP contribution in [0, 0.1) is 6.92 Å². The molecule has 5 N–H and O–H groups in total. The van der Waals surface area contributed by atoms with Crippen LogP contribution in [-0.2, 0) is 6.54 Å². The molecule has 0 aliphatic heterocycles. The number of anilines is 2. The second-order valence-corrected chi connectivity index (χ2v) is 4.19.